The summed E-state index contributed by atoms with van der Waals surface area (Å²) < 4.78 is 2.83. The number of likely N-dealkylation sites (N-methyl/N-ethyl adjacent to an activating group) is 1. The minimum atomic E-state index is 0.994. The molecule has 0 bridgehead atoms. The highest BCUT2D eigenvalue weighted by molar-refractivity contribution is 7.26. The van der Waals surface area contributed by atoms with Crippen LogP contribution in [0.25, 0.3) is 9.40 Å². The van der Waals surface area contributed by atoms with Gasteiger partial charge in [0, 0.05) is 33.9 Å². The predicted octanol–water partition coefficient (Wildman–Crippen LogP) is 2.27. The molecule has 4 heteroatoms. The van der Waals surface area contributed by atoms with Gasteiger partial charge in [-0.15, -0.1) is 22.7 Å². The zero-order valence-electron chi connectivity index (χ0n) is 8.17. The van der Waals surface area contributed by atoms with Crippen molar-refractivity contribution in [1.29, 1.82) is 0 Å². The van der Waals surface area contributed by atoms with E-state index < -0.39 is 0 Å². The SMILES string of the molecule is CNCCNCc1cc2sccc2s1. The first-order valence-electron chi connectivity index (χ1n) is 4.71. The largest absolute Gasteiger partial charge is 0.318 e. The molecule has 0 amide bonds. The summed E-state index contributed by atoms with van der Waals surface area (Å²) in [6, 6.07) is 4.48. The smallest absolute Gasteiger partial charge is 0.0453 e. The molecular weight excluding hydrogens is 212 g/mol. The first-order valence-corrected chi connectivity index (χ1v) is 6.41. The van der Waals surface area contributed by atoms with E-state index >= 15 is 0 Å². The molecule has 0 aliphatic carbocycles. The molecule has 0 saturated heterocycles. The maximum atomic E-state index is 3.41. The standard InChI is InChI=1S/C10H14N2S2/c1-11-3-4-12-7-8-6-10-9(14-8)2-5-13-10/h2,5-6,11-12H,3-4,7H2,1H3. The third kappa shape index (κ3) is 2.33. The topological polar surface area (TPSA) is 24.1 Å². The second kappa shape index (κ2) is 4.89. The summed E-state index contributed by atoms with van der Waals surface area (Å²) in [5, 5.41) is 8.68. The second-order valence-electron chi connectivity index (χ2n) is 3.14. The quantitative estimate of drug-likeness (QED) is 0.764. The van der Waals surface area contributed by atoms with Crippen LogP contribution in [0.1, 0.15) is 4.88 Å². The molecule has 14 heavy (non-hydrogen) atoms. The van der Waals surface area contributed by atoms with Crippen molar-refractivity contribution in [3.8, 4) is 0 Å². The fraction of sp³-hybridized carbons (Fsp3) is 0.400. The summed E-state index contributed by atoms with van der Waals surface area (Å²) in [5.74, 6) is 0. The third-order valence-electron chi connectivity index (χ3n) is 2.04. The molecule has 0 aliphatic heterocycles. The monoisotopic (exact) mass is 226 g/mol. The molecule has 0 aliphatic rings. The Morgan fingerprint density at radius 3 is 3.00 bits per heavy atom. The summed E-state index contributed by atoms with van der Waals surface area (Å²) in [7, 11) is 1.97. The Labute approximate surface area is 92.0 Å². The lowest BCUT2D eigenvalue weighted by Gasteiger charge is -2.00. The molecule has 0 atom stereocenters. The van der Waals surface area contributed by atoms with Gasteiger partial charge in [-0.1, -0.05) is 0 Å². The molecule has 0 spiro atoms. The Kier molecular flexibility index (Phi) is 3.53. The average Bonchev–Trinajstić information content (AvgIpc) is 2.72. The lowest BCUT2D eigenvalue weighted by molar-refractivity contribution is 0.655. The summed E-state index contributed by atoms with van der Waals surface area (Å²) >= 11 is 3.71. The van der Waals surface area contributed by atoms with Crippen LogP contribution in [-0.4, -0.2) is 20.1 Å². The van der Waals surface area contributed by atoms with E-state index in [9.17, 15) is 0 Å². The Hall–Kier alpha value is -0.420. The van der Waals surface area contributed by atoms with Crippen molar-refractivity contribution in [2.24, 2.45) is 0 Å². The summed E-state index contributed by atoms with van der Waals surface area (Å²) in [6.07, 6.45) is 0. The molecule has 2 heterocycles. The zero-order chi connectivity index (χ0) is 9.80. The number of fused-ring (bicyclic) bond motifs is 1. The normalized spacial score (nSPS) is 11.2. The van der Waals surface area contributed by atoms with Crippen molar-refractivity contribution < 1.29 is 0 Å². The van der Waals surface area contributed by atoms with Crippen LogP contribution in [0.3, 0.4) is 0 Å². The molecule has 2 N–H and O–H groups in total. The van der Waals surface area contributed by atoms with E-state index in [4.69, 9.17) is 0 Å². The molecule has 76 valence electrons. The molecular formula is C10H14N2S2. The van der Waals surface area contributed by atoms with E-state index in [1.165, 1.54) is 14.3 Å². The molecule has 2 aromatic rings. The molecule has 0 saturated carbocycles. The second-order valence-corrected chi connectivity index (χ2v) is 5.26. The highest BCUT2D eigenvalue weighted by atomic mass is 32.1. The van der Waals surface area contributed by atoms with Crippen LogP contribution in [0.15, 0.2) is 17.5 Å². The summed E-state index contributed by atoms with van der Waals surface area (Å²) in [5.41, 5.74) is 0. The van der Waals surface area contributed by atoms with Crippen molar-refractivity contribution in [2.45, 2.75) is 6.54 Å². The molecule has 2 aromatic heterocycles. The van der Waals surface area contributed by atoms with Gasteiger partial charge in [-0.2, -0.15) is 0 Å². The van der Waals surface area contributed by atoms with Gasteiger partial charge in [0.05, 0.1) is 0 Å². The Bertz CT molecular complexity index is 363. The van der Waals surface area contributed by atoms with E-state index in [-0.39, 0.29) is 0 Å². The zero-order valence-corrected chi connectivity index (χ0v) is 9.80. The molecule has 0 unspecified atom stereocenters. The third-order valence-corrected chi connectivity index (χ3v) is 4.13. The van der Waals surface area contributed by atoms with E-state index in [1.807, 2.05) is 29.7 Å². The van der Waals surface area contributed by atoms with E-state index in [1.54, 1.807) is 0 Å². The molecule has 0 fully saturated rings. The summed E-state index contributed by atoms with van der Waals surface area (Å²) in [6.45, 7) is 3.05. The molecule has 0 aromatic carbocycles. The van der Waals surface area contributed by atoms with Gasteiger partial charge in [-0.3, -0.25) is 0 Å². The van der Waals surface area contributed by atoms with Crippen LogP contribution in [0.2, 0.25) is 0 Å². The fourth-order valence-electron chi connectivity index (χ4n) is 1.33. The first kappa shape index (κ1) is 10.1. The van der Waals surface area contributed by atoms with Gasteiger partial charge in [0.2, 0.25) is 0 Å². The van der Waals surface area contributed by atoms with Crippen molar-refractivity contribution in [3.63, 3.8) is 0 Å². The number of rotatable bonds is 5. The maximum absolute atomic E-state index is 3.41. The lowest BCUT2D eigenvalue weighted by atomic mass is 10.4. The molecule has 2 nitrogen and oxygen atoms in total. The number of thiophene rings is 2. The van der Waals surface area contributed by atoms with Gasteiger partial charge < -0.3 is 10.6 Å². The Morgan fingerprint density at radius 2 is 2.21 bits per heavy atom. The fourth-order valence-corrected chi connectivity index (χ4v) is 3.43. The number of nitrogens with one attached hydrogen (secondary N) is 2. The van der Waals surface area contributed by atoms with Crippen molar-refractivity contribution in [2.75, 3.05) is 20.1 Å². The van der Waals surface area contributed by atoms with Crippen molar-refractivity contribution >= 4 is 32.1 Å². The highest BCUT2D eigenvalue weighted by Gasteiger charge is 2.01. The number of hydrogen-bond donors (Lipinski definition) is 2. The van der Waals surface area contributed by atoms with Crippen LogP contribution in [-0.2, 0) is 6.54 Å². The van der Waals surface area contributed by atoms with Gasteiger partial charge in [0.1, 0.15) is 0 Å². The Morgan fingerprint density at radius 1 is 1.29 bits per heavy atom. The number of hydrogen-bond acceptors (Lipinski definition) is 4. The first-order chi connectivity index (χ1) is 6.90. The summed E-state index contributed by atoms with van der Waals surface area (Å²) in [4.78, 5) is 1.43. The van der Waals surface area contributed by atoms with Crippen LogP contribution in [0.4, 0.5) is 0 Å². The van der Waals surface area contributed by atoms with Crippen molar-refractivity contribution in [3.05, 3.63) is 22.4 Å². The van der Waals surface area contributed by atoms with Gasteiger partial charge in [-0.25, -0.2) is 0 Å². The van der Waals surface area contributed by atoms with Gasteiger partial charge >= 0.3 is 0 Å². The van der Waals surface area contributed by atoms with Crippen LogP contribution in [0, 0.1) is 0 Å². The maximum Gasteiger partial charge on any atom is 0.0453 e. The molecule has 0 radical (unpaired) electrons. The van der Waals surface area contributed by atoms with Crippen LogP contribution < -0.4 is 10.6 Å². The highest BCUT2D eigenvalue weighted by Crippen LogP contribution is 2.29. The van der Waals surface area contributed by atoms with Crippen molar-refractivity contribution in [1.82, 2.24) is 10.6 Å². The minimum Gasteiger partial charge on any atom is -0.318 e. The predicted molar refractivity (Wildman–Crippen MR) is 65.3 cm³/mol. The van der Waals surface area contributed by atoms with Gasteiger partial charge in [0.25, 0.3) is 0 Å². The van der Waals surface area contributed by atoms with E-state index in [0.29, 0.717) is 0 Å². The average molecular weight is 226 g/mol. The van der Waals surface area contributed by atoms with Gasteiger partial charge in [0.15, 0.2) is 0 Å². The van der Waals surface area contributed by atoms with Gasteiger partial charge in [-0.05, 0) is 24.6 Å². The minimum absolute atomic E-state index is 0.994. The van der Waals surface area contributed by atoms with E-state index in [0.717, 1.165) is 19.6 Å². The van der Waals surface area contributed by atoms with E-state index in [2.05, 4.69) is 28.1 Å². The Balaban J connectivity index is 1.89. The molecule has 2 rings (SSSR count). The van der Waals surface area contributed by atoms with Crippen LogP contribution in [0.5, 0.6) is 0 Å². The van der Waals surface area contributed by atoms with Crippen LogP contribution >= 0.6 is 22.7 Å². The lowest BCUT2D eigenvalue weighted by Crippen LogP contribution is -2.24.